The maximum absolute atomic E-state index is 5.58. The Morgan fingerprint density at radius 1 is 1.35 bits per heavy atom. The molecule has 2 rings (SSSR count). The Balaban J connectivity index is 2.02. The smallest absolute Gasteiger partial charge is 0.133 e. The zero-order valence-corrected chi connectivity index (χ0v) is 11.7. The molecular weight excluding hydrogens is 282 g/mol. The number of morpholine rings is 1. The molecule has 1 saturated heterocycles. The summed E-state index contributed by atoms with van der Waals surface area (Å²) in [5.41, 5.74) is 1.29. The second kappa shape index (κ2) is 6.38. The number of hydrogen-bond acceptors (Lipinski definition) is 3. The Labute approximate surface area is 111 Å². The van der Waals surface area contributed by atoms with Gasteiger partial charge in [-0.05, 0) is 40.5 Å². The van der Waals surface area contributed by atoms with E-state index in [9.17, 15) is 0 Å². The molecule has 0 unspecified atom stereocenters. The molecule has 1 fully saturated rings. The van der Waals surface area contributed by atoms with Crippen LogP contribution in [0.3, 0.4) is 0 Å². The van der Waals surface area contributed by atoms with Crippen molar-refractivity contribution in [2.75, 3.05) is 32.9 Å². The topological polar surface area (TPSA) is 21.7 Å². The molecule has 0 N–H and O–H groups in total. The summed E-state index contributed by atoms with van der Waals surface area (Å²) in [6.07, 6.45) is 0. The lowest BCUT2D eigenvalue weighted by Gasteiger charge is -2.26. The average Bonchev–Trinajstić information content (AvgIpc) is 2.35. The molecule has 0 amide bonds. The molecule has 1 aromatic rings. The number of benzene rings is 1. The number of nitrogens with zero attached hydrogens (tertiary/aromatic N) is 1. The van der Waals surface area contributed by atoms with E-state index >= 15 is 0 Å². The second-order valence-electron chi connectivity index (χ2n) is 4.09. The first-order valence-corrected chi connectivity index (χ1v) is 6.80. The molecule has 1 heterocycles. The quantitative estimate of drug-likeness (QED) is 0.853. The van der Waals surface area contributed by atoms with Crippen LogP contribution in [0.1, 0.15) is 12.5 Å². The van der Waals surface area contributed by atoms with Crippen LogP contribution in [0.25, 0.3) is 0 Å². The Hall–Kier alpha value is -0.580. The van der Waals surface area contributed by atoms with Crippen molar-refractivity contribution >= 4 is 15.9 Å². The van der Waals surface area contributed by atoms with Crippen LogP contribution >= 0.6 is 15.9 Å². The summed E-state index contributed by atoms with van der Waals surface area (Å²) in [6.45, 7) is 7.38. The number of halogens is 1. The second-order valence-corrected chi connectivity index (χ2v) is 4.94. The number of ether oxygens (including phenoxy) is 2. The normalized spacial score (nSPS) is 17.1. The molecule has 0 aromatic heterocycles. The summed E-state index contributed by atoms with van der Waals surface area (Å²) in [5.74, 6) is 0.929. The van der Waals surface area contributed by atoms with Gasteiger partial charge in [0, 0.05) is 19.6 Å². The predicted molar refractivity (Wildman–Crippen MR) is 71.4 cm³/mol. The Kier molecular flexibility index (Phi) is 4.83. The van der Waals surface area contributed by atoms with E-state index in [4.69, 9.17) is 9.47 Å². The van der Waals surface area contributed by atoms with E-state index in [0.717, 1.165) is 43.1 Å². The fourth-order valence-corrected chi connectivity index (χ4v) is 2.29. The fraction of sp³-hybridized carbons (Fsp3) is 0.538. The highest BCUT2D eigenvalue weighted by Crippen LogP contribution is 2.26. The van der Waals surface area contributed by atoms with Crippen molar-refractivity contribution in [2.24, 2.45) is 0 Å². The van der Waals surface area contributed by atoms with Gasteiger partial charge in [-0.2, -0.15) is 0 Å². The fourth-order valence-electron chi connectivity index (χ4n) is 1.93. The minimum atomic E-state index is 0.694. The van der Waals surface area contributed by atoms with Crippen molar-refractivity contribution in [3.8, 4) is 5.75 Å². The van der Waals surface area contributed by atoms with Gasteiger partial charge < -0.3 is 9.47 Å². The van der Waals surface area contributed by atoms with Crippen molar-refractivity contribution in [3.63, 3.8) is 0 Å². The van der Waals surface area contributed by atoms with Gasteiger partial charge in [0.2, 0.25) is 0 Å². The lowest BCUT2D eigenvalue weighted by molar-refractivity contribution is 0.0341. The molecule has 0 saturated carbocycles. The largest absolute Gasteiger partial charge is 0.493 e. The minimum absolute atomic E-state index is 0.694. The SMILES string of the molecule is CCOc1cc(CN2CCOCC2)ccc1Br. The van der Waals surface area contributed by atoms with Crippen LogP contribution in [0.15, 0.2) is 22.7 Å². The summed E-state index contributed by atoms with van der Waals surface area (Å²) < 4.78 is 11.9. The molecule has 1 aliphatic heterocycles. The van der Waals surface area contributed by atoms with Crippen LogP contribution in [0, 0.1) is 0 Å². The third-order valence-electron chi connectivity index (χ3n) is 2.81. The molecule has 0 radical (unpaired) electrons. The number of hydrogen-bond donors (Lipinski definition) is 0. The van der Waals surface area contributed by atoms with Gasteiger partial charge in [-0.3, -0.25) is 4.90 Å². The molecule has 0 atom stereocenters. The van der Waals surface area contributed by atoms with Crippen LogP contribution in [-0.2, 0) is 11.3 Å². The molecule has 1 aliphatic rings. The first-order valence-electron chi connectivity index (χ1n) is 6.01. The standard InChI is InChI=1S/C13H18BrNO2/c1-2-17-13-9-11(3-4-12(13)14)10-15-5-7-16-8-6-15/h3-4,9H,2,5-8,10H2,1H3. The van der Waals surface area contributed by atoms with Gasteiger partial charge in [0.1, 0.15) is 5.75 Å². The zero-order chi connectivity index (χ0) is 12.1. The van der Waals surface area contributed by atoms with E-state index in [1.54, 1.807) is 0 Å². The Morgan fingerprint density at radius 2 is 2.12 bits per heavy atom. The van der Waals surface area contributed by atoms with E-state index < -0.39 is 0 Å². The summed E-state index contributed by atoms with van der Waals surface area (Å²) in [5, 5.41) is 0. The summed E-state index contributed by atoms with van der Waals surface area (Å²) in [6, 6.07) is 6.31. The monoisotopic (exact) mass is 299 g/mol. The predicted octanol–water partition coefficient (Wildman–Crippen LogP) is 2.68. The lowest BCUT2D eigenvalue weighted by Crippen LogP contribution is -2.35. The van der Waals surface area contributed by atoms with Crippen molar-refractivity contribution in [1.82, 2.24) is 4.90 Å². The van der Waals surface area contributed by atoms with Gasteiger partial charge in [0.25, 0.3) is 0 Å². The summed E-state index contributed by atoms with van der Waals surface area (Å²) >= 11 is 3.50. The highest BCUT2D eigenvalue weighted by Gasteiger charge is 2.11. The molecular formula is C13H18BrNO2. The van der Waals surface area contributed by atoms with Crippen LogP contribution < -0.4 is 4.74 Å². The van der Waals surface area contributed by atoms with Crippen LogP contribution in [-0.4, -0.2) is 37.8 Å². The molecule has 94 valence electrons. The molecule has 17 heavy (non-hydrogen) atoms. The van der Waals surface area contributed by atoms with Gasteiger partial charge in [-0.15, -0.1) is 0 Å². The third kappa shape index (κ3) is 3.69. The molecule has 0 spiro atoms. The van der Waals surface area contributed by atoms with E-state index in [1.165, 1.54) is 5.56 Å². The minimum Gasteiger partial charge on any atom is -0.493 e. The molecule has 0 bridgehead atoms. The van der Waals surface area contributed by atoms with Crippen LogP contribution in [0.5, 0.6) is 5.75 Å². The van der Waals surface area contributed by atoms with Crippen LogP contribution in [0.2, 0.25) is 0 Å². The van der Waals surface area contributed by atoms with E-state index in [0.29, 0.717) is 6.61 Å². The van der Waals surface area contributed by atoms with Gasteiger partial charge in [0.15, 0.2) is 0 Å². The third-order valence-corrected chi connectivity index (χ3v) is 3.46. The lowest BCUT2D eigenvalue weighted by atomic mass is 10.2. The molecule has 4 heteroatoms. The van der Waals surface area contributed by atoms with E-state index in [1.807, 2.05) is 6.92 Å². The molecule has 0 aliphatic carbocycles. The molecule has 3 nitrogen and oxygen atoms in total. The number of rotatable bonds is 4. The van der Waals surface area contributed by atoms with E-state index in [2.05, 4.69) is 39.0 Å². The maximum atomic E-state index is 5.58. The molecule has 1 aromatic carbocycles. The first-order chi connectivity index (χ1) is 8.29. The highest BCUT2D eigenvalue weighted by atomic mass is 79.9. The van der Waals surface area contributed by atoms with Crippen molar-refractivity contribution in [1.29, 1.82) is 0 Å². The van der Waals surface area contributed by atoms with Gasteiger partial charge >= 0.3 is 0 Å². The van der Waals surface area contributed by atoms with Gasteiger partial charge in [0.05, 0.1) is 24.3 Å². The van der Waals surface area contributed by atoms with Crippen molar-refractivity contribution in [3.05, 3.63) is 28.2 Å². The van der Waals surface area contributed by atoms with Gasteiger partial charge in [-0.1, -0.05) is 6.07 Å². The zero-order valence-electron chi connectivity index (χ0n) is 10.1. The maximum Gasteiger partial charge on any atom is 0.133 e. The van der Waals surface area contributed by atoms with Crippen LogP contribution in [0.4, 0.5) is 0 Å². The van der Waals surface area contributed by atoms with E-state index in [-0.39, 0.29) is 0 Å². The average molecular weight is 300 g/mol. The first kappa shape index (κ1) is 12.9. The van der Waals surface area contributed by atoms with Crippen molar-refractivity contribution < 1.29 is 9.47 Å². The Bertz CT molecular complexity index is 364. The highest BCUT2D eigenvalue weighted by molar-refractivity contribution is 9.10. The Morgan fingerprint density at radius 3 is 2.82 bits per heavy atom. The summed E-state index contributed by atoms with van der Waals surface area (Å²) in [7, 11) is 0. The van der Waals surface area contributed by atoms with Crippen molar-refractivity contribution in [2.45, 2.75) is 13.5 Å². The summed E-state index contributed by atoms with van der Waals surface area (Å²) in [4.78, 5) is 2.41. The van der Waals surface area contributed by atoms with Gasteiger partial charge in [-0.25, -0.2) is 0 Å².